The molecule has 0 heterocycles. The zero-order valence-electron chi connectivity index (χ0n) is 9.19. The first-order valence-corrected chi connectivity index (χ1v) is 5.09. The normalized spacial score (nSPS) is 26.8. The van der Waals surface area contributed by atoms with E-state index < -0.39 is 0 Å². The largest absolute Gasteiger partial charge is 0.103 e. The Balaban J connectivity index is 0.000000354. The van der Waals surface area contributed by atoms with E-state index in [-0.39, 0.29) is 0 Å². The molecule has 0 spiro atoms. The first-order chi connectivity index (χ1) is 5.52. The van der Waals surface area contributed by atoms with Gasteiger partial charge in [-0.05, 0) is 31.1 Å². The van der Waals surface area contributed by atoms with Crippen LogP contribution in [0.15, 0.2) is 12.7 Å². The van der Waals surface area contributed by atoms with Crippen molar-refractivity contribution in [3.63, 3.8) is 0 Å². The molecule has 0 amide bonds. The third-order valence-electron chi connectivity index (χ3n) is 2.45. The Labute approximate surface area is 78.1 Å². The van der Waals surface area contributed by atoms with Crippen molar-refractivity contribution < 1.29 is 0 Å². The van der Waals surface area contributed by atoms with Gasteiger partial charge in [0.15, 0.2) is 0 Å². The SMILES string of the molecule is C=CC.CC1CCCC(C)(C)C1. The molecule has 0 aromatic carbocycles. The lowest BCUT2D eigenvalue weighted by molar-refractivity contribution is 0.191. The number of allylic oxidation sites excluding steroid dienone is 1. The summed E-state index contributed by atoms with van der Waals surface area (Å²) in [7, 11) is 0. The second-order valence-electron chi connectivity index (χ2n) is 4.77. The molecule has 1 aliphatic carbocycles. The summed E-state index contributed by atoms with van der Waals surface area (Å²) in [5, 5.41) is 0. The molecule has 0 saturated heterocycles. The van der Waals surface area contributed by atoms with Gasteiger partial charge in [-0.2, -0.15) is 0 Å². The van der Waals surface area contributed by atoms with E-state index in [9.17, 15) is 0 Å². The molecule has 72 valence electrons. The molecule has 1 aliphatic rings. The van der Waals surface area contributed by atoms with Gasteiger partial charge < -0.3 is 0 Å². The standard InChI is InChI=1S/C9H18.C3H6/c1-8-5-4-6-9(2,3)7-8;1-3-2/h8H,4-7H2,1-3H3;3H,1H2,2H3. The Morgan fingerprint density at radius 1 is 1.42 bits per heavy atom. The molecule has 12 heavy (non-hydrogen) atoms. The van der Waals surface area contributed by atoms with Crippen LogP contribution in [0, 0.1) is 11.3 Å². The van der Waals surface area contributed by atoms with Crippen molar-refractivity contribution in [3.05, 3.63) is 12.7 Å². The van der Waals surface area contributed by atoms with E-state index in [0.29, 0.717) is 5.41 Å². The van der Waals surface area contributed by atoms with Crippen LogP contribution >= 0.6 is 0 Å². The predicted molar refractivity (Wildman–Crippen MR) is 57.3 cm³/mol. The third-order valence-corrected chi connectivity index (χ3v) is 2.45. The molecule has 1 rings (SSSR count). The molecule has 0 nitrogen and oxygen atoms in total. The maximum Gasteiger partial charge on any atom is -0.0352 e. The Morgan fingerprint density at radius 3 is 2.17 bits per heavy atom. The molecule has 1 atom stereocenters. The summed E-state index contributed by atoms with van der Waals surface area (Å²) in [5.41, 5.74) is 0.650. The third kappa shape index (κ3) is 5.40. The summed E-state index contributed by atoms with van der Waals surface area (Å²) in [6, 6.07) is 0. The van der Waals surface area contributed by atoms with Gasteiger partial charge in [0.1, 0.15) is 0 Å². The molecule has 0 N–H and O–H groups in total. The predicted octanol–water partition coefficient (Wildman–Crippen LogP) is 4.42. The van der Waals surface area contributed by atoms with Gasteiger partial charge in [-0.15, -0.1) is 6.58 Å². The fourth-order valence-corrected chi connectivity index (χ4v) is 2.08. The fourth-order valence-electron chi connectivity index (χ4n) is 2.08. The maximum atomic E-state index is 3.36. The maximum absolute atomic E-state index is 3.36. The van der Waals surface area contributed by atoms with Gasteiger partial charge in [0.2, 0.25) is 0 Å². The highest BCUT2D eigenvalue weighted by molar-refractivity contribution is 4.76. The Bertz CT molecular complexity index is 122. The molecule has 1 saturated carbocycles. The van der Waals surface area contributed by atoms with Gasteiger partial charge in [0, 0.05) is 0 Å². The average molecular weight is 168 g/mol. The Morgan fingerprint density at radius 2 is 1.92 bits per heavy atom. The molecular formula is C12H24. The summed E-state index contributed by atoms with van der Waals surface area (Å²) < 4.78 is 0. The van der Waals surface area contributed by atoms with Crippen molar-refractivity contribution in [1.82, 2.24) is 0 Å². The highest BCUT2D eigenvalue weighted by Crippen LogP contribution is 2.37. The summed E-state index contributed by atoms with van der Waals surface area (Å²) in [6.07, 6.45) is 7.54. The van der Waals surface area contributed by atoms with Crippen LogP contribution in [0.3, 0.4) is 0 Å². The lowest BCUT2D eigenvalue weighted by Crippen LogP contribution is -2.20. The Kier molecular flexibility index (Phi) is 5.28. The number of hydrogen-bond acceptors (Lipinski definition) is 0. The summed E-state index contributed by atoms with van der Waals surface area (Å²) in [6.45, 7) is 12.4. The van der Waals surface area contributed by atoms with Crippen LogP contribution in [0.4, 0.5) is 0 Å². The van der Waals surface area contributed by atoms with Crippen molar-refractivity contribution in [3.8, 4) is 0 Å². The van der Waals surface area contributed by atoms with Crippen molar-refractivity contribution in [2.24, 2.45) is 11.3 Å². The van der Waals surface area contributed by atoms with Crippen LogP contribution in [0.5, 0.6) is 0 Å². The lowest BCUT2D eigenvalue weighted by Gasteiger charge is -2.33. The van der Waals surface area contributed by atoms with Crippen molar-refractivity contribution in [2.75, 3.05) is 0 Å². The summed E-state index contributed by atoms with van der Waals surface area (Å²) in [4.78, 5) is 0. The van der Waals surface area contributed by atoms with E-state index >= 15 is 0 Å². The molecule has 0 radical (unpaired) electrons. The zero-order chi connectivity index (χ0) is 9.61. The first-order valence-electron chi connectivity index (χ1n) is 5.09. The highest BCUT2D eigenvalue weighted by Gasteiger charge is 2.24. The van der Waals surface area contributed by atoms with E-state index in [1.54, 1.807) is 6.08 Å². The van der Waals surface area contributed by atoms with Gasteiger partial charge in [0.25, 0.3) is 0 Å². The molecule has 1 unspecified atom stereocenters. The van der Waals surface area contributed by atoms with Crippen LogP contribution in [0.1, 0.15) is 53.4 Å². The topological polar surface area (TPSA) is 0 Å². The van der Waals surface area contributed by atoms with E-state index in [2.05, 4.69) is 27.4 Å². The zero-order valence-corrected chi connectivity index (χ0v) is 9.19. The van der Waals surface area contributed by atoms with Crippen LogP contribution < -0.4 is 0 Å². The quantitative estimate of drug-likeness (QED) is 0.470. The van der Waals surface area contributed by atoms with Crippen LogP contribution in [-0.4, -0.2) is 0 Å². The number of hydrogen-bond donors (Lipinski definition) is 0. The van der Waals surface area contributed by atoms with Crippen molar-refractivity contribution in [1.29, 1.82) is 0 Å². The molecule has 1 fully saturated rings. The smallest absolute Gasteiger partial charge is 0.0352 e. The Hall–Kier alpha value is -0.260. The molecule has 0 aromatic rings. The van der Waals surface area contributed by atoms with E-state index in [0.717, 1.165) is 5.92 Å². The summed E-state index contributed by atoms with van der Waals surface area (Å²) >= 11 is 0. The minimum Gasteiger partial charge on any atom is -0.103 e. The molecule has 0 aromatic heterocycles. The molecule has 0 aliphatic heterocycles. The molecule has 0 bridgehead atoms. The minimum atomic E-state index is 0.650. The fraction of sp³-hybridized carbons (Fsp3) is 0.833. The van der Waals surface area contributed by atoms with Crippen LogP contribution in [0.2, 0.25) is 0 Å². The van der Waals surface area contributed by atoms with Crippen molar-refractivity contribution >= 4 is 0 Å². The van der Waals surface area contributed by atoms with Gasteiger partial charge in [-0.1, -0.05) is 39.7 Å². The van der Waals surface area contributed by atoms with Gasteiger partial charge >= 0.3 is 0 Å². The van der Waals surface area contributed by atoms with E-state index in [4.69, 9.17) is 0 Å². The van der Waals surface area contributed by atoms with Gasteiger partial charge in [-0.3, -0.25) is 0 Å². The minimum absolute atomic E-state index is 0.650. The van der Waals surface area contributed by atoms with Crippen LogP contribution in [-0.2, 0) is 0 Å². The van der Waals surface area contributed by atoms with E-state index in [1.165, 1.54) is 25.7 Å². The monoisotopic (exact) mass is 168 g/mol. The first kappa shape index (κ1) is 11.7. The van der Waals surface area contributed by atoms with E-state index in [1.807, 2.05) is 6.92 Å². The lowest BCUT2D eigenvalue weighted by atomic mass is 9.73. The van der Waals surface area contributed by atoms with Crippen LogP contribution in [0.25, 0.3) is 0 Å². The second-order valence-corrected chi connectivity index (χ2v) is 4.77. The summed E-state index contributed by atoms with van der Waals surface area (Å²) in [5.74, 6) is 0.980. The number of rotatable bonds is 0. The molecular weight excluding hydrogens is 144 g/mol. The van der Waals surface area contributed by atoms with Gasteiger partial charge in [0.05, 0.1) is 0 Å². The van der Waals surface area contributed by atoms with Crippen molar-refractivity contribution in [2.45, 2.75) is 53.4 Å². The second kappa shape index (κ2) is 5.40. The highest BCUT2D eigenvalue weighted by atomic mass is 14.3. The van der Waals surface area contributed by atoms with Gasteiger partial charge in [-0.25, -0.2) is 0 Å². The molecule has 0 heteroatoms. The average Bonchev–Trinajstić information content (AvgIpc) is 1.85.